The van der Waals surface area contributed by atoms with E-state index in [1.165, 1.54) is 19.3 Å². The standard InChI is InChI=1S/C12H22N2O/c1-12(2)7-9(12)8-13-6-5-11(15)14-10-3-4-10/h9-10,13H,3-8H2,1-2H3,(H,14,15). The molecule has 0 aliphatic heterocycles. The molecule has 2 aliphatic carbocycles. The van der Waals surface area contributed by atoms with Crippen LogP contribution in [-0.4, -0.2) is 25.0 Å². The molecule has 0 saturated heterocycles. The van der Waals surface area contributed by atoms with E-state index in [0.29, 0.717) is 17.9 Å². The van der Waals surface area contributed by atoms with Crippen LogP contribution in [0.1, 0.15) is 39.5 Å². The van der Waals surface area contributed by atoms with Gasteiger partial charge in [0.15, 0.2) is 0 Å². The van der Waals surface area contributed by atoms with Gasteiger partial charge in [0.25, 0.3) is 0 Å². The van der Waals surface area contributed by atoms with Gasteiger partial charge in [0, 0.05) is 19.0 Å². The summed E-state index contributed by atoms with van der Waals surface area (Å²) in [4.78, 5) is 11.3. The Morgan fingerprint density at radius 2 is 2.07 bits per heavy atom. The number of carbonyl (C=O) groups is 1. The van der Waals surface area contributed by atoms with Crippen LogP contribution in [0.25, 0.3) is 0 Å². The summed E-state index contributed by atoms with van der Waals surface area (Å²) in [5, 5.41) is 6.36. The van der Waals surface area contributed by atoms with Crippen LogP contribution in [0.4, 0.5) is 0 Å². The number of hydrogen-bond donors (Lipinski definition) is 2. The van der Waals surface area contributed by atoms with Gasteiger partial charge in [-0.25, -0.2) is 0 Å². The predicted molar refractivity (Wildman–Crippen MR) is 60.5 cm³/mol. The van der Waals surface area contributed by atoms with Crippen molar-refractivity contribution < 1.29 is 4.79 Å². The predicted octanol–water partition coefficient (Wildman–Crippen LogP) is 1.29. The molecule has 1 amide bonds. The van der Waals surface area contributed by atoms with E-state index in [1.54, 1.807) is 0 Å². The van der Waals surface area contributed by atoms with E-state index in [9.17, 15) is 4.79 Å². The second-order valence-electron chi connectivity index (χ2n) is 5.69. The van der Waals surface area contributed by atoms with Gasteiger partial charge in [0.1, 0.15) is 0 Å². The van der Waals surface area contributed by atoms with Crippen molar-refractivity contribution in [2.45, 2.75) is 45.6 Å². The SMILES string of the molecule is CC1(C)CC1CNCCC(=O)NC1CC1. The van der Waals surface area contributed by atoms with Gasteiger partial charge in [-0.3, -0.25) is 4.79 Å². The van der Waals surface area contributed by atoms with Crippen molar-refractivity contribution in [1.82, 2.24) is 10.6 Å². The van der Waals surface area contributed by atoms with Crippen LogP contribution in [0.3, 0.4) is 0 Å². The van der Waals surface area contributed by atoms with Gasteiger partial charge in [-0.15, -0.1) is 0 Å². The van der Waals surface area contributed by atoms with Crippen LogP contribution in [0.2, 0.25) is 0 Å². The van der Waals surface area contributed by atoms with Gasteiger partial charge < -0.3 is 10.6 Å². The summed E-state index contributed by atoms with van der Waals surface area (Å²) in [7, 11) is 0. The maximum absolute atomic E-state index is 11.3. The highest BCUT2D eigenvalue weighted by Gasteiger charge is 2.44. The number of amides is 1. The summed E-state index contributed by atoms with van der Waals surface area (Å²) < 4.78 is 0. The van der Waals surface area contributed by atoms with Gasteiger partial charge in [-0.2, -0.15) is 0 Å². The Morgan fingerprint density at radius 3 is 2.60 bits per heavy atom. The molecule has 0 aromatic rings. The summed E-state index contributed by atoms with van der Waals surface area (Å²) in [5.74, 6) is 1.03. The molecule has 2 rings (SSSR count). The van der Waals surface area contributed by atoms with Crippen molar-refractivity contribution in [2.24, 2.45) is 11.3 Å². The lowest BCUT2D eigenvalue weighted by Gasteiger charge is -2.06. The van der Waals surface area contributed by atoms with Gasteiger partial charge in [-0.05, 0) is 37.1 Å². The fraction of sp³-hybridized carbons (Fsp3) is 0.917. The second kappa shape index (κ2) is 4.12. The molecule has 0 radical (unpaired) electrons. The molecule has 1 atom stereocenters. The molecular weight excluding hydrogens is 188 g/mol. The second-order valence-corrected chi connectivity index (χ2v) is 5.69. The summed E-state index contributed by atoms with van der Waals surface area (Å²) >= 11 is 0. The largest absolute Gasteiger partial charge is 0.353 e. The maximum Gasteiger partial charge on any atom is 0.221 e. The molecule has 0 aromatic carbocycles. The maximum atomic E-state index is 11.3. The minimum absolute atomic E-state index is 0.208. The fourth-order valence-electron chi connectivity index (χ4n) is 1.93. The molecule has 0 spiro atoms. The first kappa shape index (κ1) is 10.9. The first-order chi connectivity index (χ1) is 7.08. The number of hydrogen-bond acceptors (Lipinski definition) is 2. The van der Waals surface area contributed by atoms with E-state index in [2.05, 4.69) is 24.5 Å². The topological polar surface area (TPSA) is 41.1 Å². The average Bonchev–Trinajstić information content (AvgIpc) is 3.01. The van der Waals surface area contributed by atoms with Gasteiger partial charge >= 0.3 is 0 Å². The Bertz CT molecular complexity index is 246. The lowest BCUT2D eigenvalue weighted by Crippen LogP contribution is -2.30. The summed E-state index contributed by atoms with van der Waals surface area (Å²) in [6.07, 6.45) is 4.31. The molecule has 3 nitrogen and oxygen atoms in total. The quantitative estimate of drug-likeness (QED) is 0.649. The molecule has 2 N–H and O–H groups in total. The molecule has 3 heteroatoms. The lowest BCUT2D eigenvalue weighted by molar-refractivity contribution is -0.121. The van der Waals surface area contributed by atoms with Crippen molar-refractivity contribution in [1.29, 1.82) is 0 Å². The molecule has 86 valence electrons. The Morgan fingerprint density at radius 1 is 1.40 bits per heavy atom. The monoisotopic (exact) mass is 210 g/mol. The van der Waals surface area contributed by atoms with E-state index in [0.717, 1.165) is 19.0 Å². The molecule has 2 saturated carbocycles. The molecule has 15 heavy (non-hydrogen) atoms. The average molecular weight is 210 g/mol. The van der Waals surface area contributed by atoms with Gasteiger partial charge in [0.2, 0.25) is 5.91 Å². The van der Waals surface area contributed by atoms with Gasteiger partial charge in [-0.1, -0.05) is 13.8 Å². The van der Waals surface area contributed by atoms with Crippen LogP contribution < -0.4 is 10.6 Å². The van der Waals surface area contributed by atoms with E-state index >= 15 is 0 Å². The zero-order valence-corrected chi connectivity index (χ0v) is 9.81. The Balaban J connectivity index is 1.46. The highest BCUT2D eigenvalue weighted by molar-refractivity contribution is 5.76. The summed E-state index contributed by atoms with van der Waals surface area (Å²) in [6, 6.07) is 0.500. The lowest BCUT2D eigenvalue weighted by atomic mass is 10.1. The number of nitrogens with one attached hydrogen (secondary N) is 2. The molecular formula is C12H22N2O. The van der Waals surface area contributed by atoms with Gasteiger partial charge in [0.05, 0.1) is 0 Å². The minimum atomic E-state index is 0.208. The minimum Gasteiger partial charge on any atom is -0.353 e. The number of rotatable bonds is 6. The molecule has 0 aromatic heterocycles. The van der Waals surface area contributed by atoms with E-state index < -0.39 is 0 Å². The normalized spacial score (nSPS) is 27.5. The first-order valence-electron chi connectivity index (χ1n) is 6.08. The Kier molecular flexibility index (Phi) is 3.01. The first-order valence-corrected chi connectivity index (χ1v) is 6.08. The van der Waals surface area contributed by atoms with Crippen LogP contribution >= 0.6 is 0 Å². The van der Waals surface area contributed by atoms with Crippen molar-refractivity contribution in [3.8, 4) is 0 Å². The summed E-state index contributed by atoms with van der Waals surface area (Å²) in [5.41, 5.74) is 0.545. The van der Waals surface area contributed by atoms with Crippen molar-refractivity contribution in [3.05, 3.63) is 0 Å². The van der Waals surface area contributed by atoms with E-state index in [1.807, 2.05) is 0 Å². The Labute approximate surface area is 92.0 Å². The molecule has 2 aliphatic rings. The highest BCUT2D eigenvalue weighted by atomic mass is 16.1. The number of carbonyl (C=O) groups excluding carboxylic acids is 1. The zero-order chi connectivity index (χ0) is 10.9. The molecule has 2 fully saturated rings. The molecule has 0 heterocycles. The van der Waals surface area contributed by atoms with Crippen molar-refractivity contribution in [2.75, 3.05) is 13.1 Å². The summed E-state index contributed by atoms with van der Waals surface area (Å²) in [6.45, 7) is 6.51. The third kappa shape index (κ3) is 3.49. The van der Waals surface area contributed by atoms with Crippen LogP contribution in [0.5, 0.6) is 0 Å². The highest BCUT2D eigenvalue weighted by Crippen LogP contribution is 2.50. The van der Waals surface area contributed by atoms with E-state index in [-0.39, 0.29) is 5.91 Å². The van der Waals surface area contributed by atoms with E-state index in [4.69, 9.17) is 0 Å². The third-order valence-corrected chi connectivity index (χ3v) is 3.58. The van der Waals surface area contributed by atoms with Crippen molar-refractivity contribution in [3.63, 3.8) is 0 Å². The fourth-order valence-corrected chi connectivity index (χ4v) is 1.93. The zero-order valence-electron chi connectivity index (χ0n) is 9.81. The van der Waals surface area contributed by atoms with Crippen LogP contribution in [-0.2, 0) is 4.79 Å². The van der Waals surface area contributed by atoms with Crippen molar-refractivity contribution >= 4 is 5.91 Å². The molecule has 0 bridgehead atoms. The smallest absolute Gasteiger partial charge is 0.221 e. The van der Waals surface area contributed by atoms with Crippen LogP contribution in [0.15, 0.2) is 0 Å². The van der Waals surface area contributed by atoms with Crippen LogP contribution in [0, 0.1) is 11.3 Å². The Hall–Kier alpha value is -0.570. The third-order valence-electron chi connectivity index (χ3n) is 3.58. The molecule has 1 unspecified atom stereocenters.